The first-order valence-corrected chi connectivity index (χ1v) is 6.51. The Bertz CT molecular complexity index is 596. The Morgan fingerprint density at radius 3 is 2.40 bits per heavy atom. The predicted molar refractivity (Wildman–Crippen MR) is 79.8 cm³/mol. The zero-order valence-electron chi connectivity index (χ0n) is 11.2. The molecule has 0 radical (unpaired) electrons. The van der Waals surface area contributed by atoms with Crippen LogP contribution in [-0.4, -0.2) is 17.3 Å². The Labute approximate surface area is 122 Å². The average molecular weight is 294 g/mol. The maximum Gasteiger partial charge on any atom is 0.142 e. The van der Waals surface area contributed by atoms with E-state index in [2.05, 4.69) is 5.32 Å². The van der Waals surface area contributed by atoms with Gasteiger partial charge in [0.25, 0.3) is 0 Å². The molecule has 1 atom stereocenters. The monoisotopic (exact) mass is 293 g/mol. The smallest absolute Gasteiger partial charge is 0.142 e. The molecule has 20 heavy (non-hydrogen) atoms. The number of halogens is 1. The summed E-state index contributed by atoms with van der Waals surface area (Å²) in [5.41, 5.74) is 1.12. The van der Waals surface area contributed by atoms with Gasteiger partial charge in [0.1, 0.15) is 17.2 Å². The van der Waals surface area contributed by atoms with E-state index in [0.717, 1.165) is 0 Å². The Balaban J connectivity index is 2.32. The van der Waals surface area contributed by atoms with Crippen LogP contribution in [0, 0.1) is 0 Å². The van der Waals surface area contributed by atoms with Crippen LogP contribution in [0.5, 0.6) is 17.2 Å². The fraction of sp³-hybridized carbons (Fsp3) is 0.200. The maximum absolute atomic E-state index is 9.86. The number of phenolic OH excluding ortho intramolecular Hbond substituents is 2. The van der Waals surface area contributed by atoms with Crippen LogP contribution in [0.2, 0.25) is 5.02 Å². The summed E-state index contributed by atoms with van der Waals surface area (Å²) < 4.78 is 5.25. The first kappa shape index (κ1) is 14.3. The lowest BCUT2D eigenvalue weighted by Gasteiger charge is -2.19. The third-order valence-corrected chi connectivity index (χ3v) is 3.26. The summed E-state index contributed by atoms with van der Waals surface area (Å²) in [7, 11) is 1.57. The van der Waals surface area contributed by atoms with Crippen molar-refractivity contribution in [2.75, 3.05) is 12.4 Å². The largest absolute Gasteiger partial charge is 0.507 e. The number of nitrogens with one attached hydrogen (secondary N) is 1. The van der Waals surface area contributed by atoms with Gasteiger partial charge in [-0.1, -0.05) is 17.7 Å². The highest BCUT2D eigenvalue weighted by Crippen LogP contribution is 2.36. The highest BCUT2D eigenvalue weighted by atomic mass is 35.5. The van der Waals surface area contributed by atoms with E-state index in [-0.39, 0.29) is 17.5 Å². The Hall–Kier alpha value is -2.07. The molecule has 106 valence electrons. The molecule has 0 aliphatic heterocycles. The minimum atomic E-state index is -0.316. The zero-order valence-corrected chi connectivity index (χ0v) is 12.0. The average Bonchev–Trinajstić information content (AvgIpc) is 2.38. The molecule has 5 heteroatoms. The van der Waals surface area contributed by atoms with Crippen molar-refractivity contribution in [1.82, 2.24) is 0 Å². The van der Waals surface area contributed by atoms with Crippen molar-refractivity contribution in [3.8, 4) is 17.2 Å². The van der Waals surface area contributed by atoms with Gasteiger partial charge in [-0.25, -0.2) is 0 Å². The normalized spacial score (nSPS) is 11.9. The molecule has 0 spiro atoms. The van der Waals surface area contributed by atoms with E-state index in [4.69, 9.17) is 16.3 Å². The molecular weight excluding hydrogens is 278 g/mol. The van der Waals surface area contributed by atoms with Gasteiger partial charge in [-0.2, -0.15) is 0 Å². The number of methoxy groups -OCH3 is 1. The SMILES string of the molecule is COc1ccc(Cl)cc1NC(C)c1c(O)cccc1O. The number of ether oxygens (including phenoxy) is 1. The van der Waals surface area contributed by atoms with Gasteiger partial charge < -0.3 is 20.3 Å². The number of hydrogen-bond acceptors (Lipinski definition) is 4. The quantitative estimate of drug-likeness (QED) is 0.799. The van der Waals surface area contributed by atoms with Crippen LogP contribution in [0.1, 0.15) is 18.5 Å². The fourth-order valence-corrected chi connectivity index (χ4v) is 2.26. The molecule has 4 nitrogen and oxygen atoms in total. The first-order valence-electron chi connectivity index (χ1n) is 6.14. The zero-order chi connectivity index (χ0) is 14.7. The van der Waals surface area contributed by atoms with Crippen LogP contribution in [0.4, 0.5) is 5.69 Å². The molecule has 2 aromatic carbocycles. The van der Waals surface area contributed by atoms with E-state index < -0.39 is 0 Å². The number of hydrogen-bond donors (Lipinski definition) is 3. The molecule has 0 saturated heterocycles. The molecule has 0 heterocycles. The lowest BCUT2D eigenvalue weighted by atomic mass is 10.1. The molecule has 1 unspecified atom stereocenters. The lowest BCUT2D eigenvalue weighted by molar-refractivity contribution is 0.415. The van der Waals surface area contributed by atoms with Crippen LogP contribution in [0.15, 0.2) is 36.4 Å². The summed E-state index contributed by atoms with van der Waals surface area (Å²) in [6.07, 6.45) is 0. The molecule has 2 rings (SSSR count). The minimum Gasteiger partial charge on any atom is -0.507 e. The molecule has 3 N–H and O–H groups in total. The highest BCUT2D eigenvalue weighted by molar-refractivity contribution is 6.30. The molecule has 0 aliphatic carbocycles. The Morgan fingerprint density at radius 1 is 1.15 bits per heavy atom. The van der Waals surface area contributed by atoms with Crippen molar-refractivity contribution >= 4 is 17.3 Å². The van der Waals surface area contributed by atoms with Crippen molar-refractivity contribution in [2.45, 2.75) is 13.0 Å². The van der Waals surface area contributed by atoms with Crippen molar-refractivity contribution in [3.63, 3.8) is 0 Å². The maximum atomic E-state index is 9.86. The number of phenols is 2. The topological polar surface area (TPSA) is 61.7 Å². The van der Waals surface area contributed by atoms with Gasteiger partial charge >= 0.3 is 0 Å². The molecule has 0 amide bonds. The van der Waals surface area contributed by atoms with Crippen molar-refractivity contribution < 1.29 is 14.9 Å². The second kappa shape index (κ2) is 5.92. The minimum absolute atomic E-state index is 0.0333. The Kier molecular flexibility index (Phi) is 4.25. The molecule has 0 aliphatic rings. The second-order valence-electron chi connectivity index (χ2n) is 4.42. The van der Waals surface area contributed by atoms with Gasteiger partial charge in [0.05, 0.1) is 24.4 Å². The highest BCUT2D eigenvalue weighted by Gasteiger charge is 2.16. The summed E-state index contributed by atoms with van der Waals surface area (Å²) in [4.78, 5) is 0. The van der Waals surface area contributed by atoms with E-state index in [1.165, 1.54) is 12.1 Å². The van der Waals surface area contributed by atoms with Crippen LogP contribution in [0.3, 0.4) is 0 Å². The van der Waals surface area contributed by atoms with E-state index in [9.17, 15) is 10.2 Å². The first-order chi connectivity index (χ1) is 9.52. The van der Waals surface area contributed by atoms with Gasteiger partial charge in [0.2, 0.25) is 0 Å². The van der Waals surface area contributed by atoms with Crippen LogP contribution in [-0.2, 0) is 0 Å². The van der Waals surface area contributed by atoms with E-state index in [1.807, 2.05) is 6.92 Å². The van der Waals surface area contributed by atoms with Crippen LogP contribution >= 0.6 is 11.6 Å². The lowest BCUT2D eigenvalue weighted by Crippen LogP contribution is -2.08. The third kappa shape index (κ3) is 2.91. The van der Waals surface area contributed by atoms with Gasteiger partial charge in [0, 0.05) is 5.02 Å². The van der Waals surface area contributed by atoms with Gasteiger partial charge in [0.15, 0.2) is 0 Å². The number of aromatic hydroxyl groups is 2. The van der Waals surface area contributed by atoms with Crippen molar-refractivity contribution in [3.05, 3.63) is 47.0 Å². The molecule has 2 aromatic rings. The summed E-state index contributed by atoms with van der Waals surface area (Å²) in [6.45, 7) is 1.83. The Morgan fingerprint density at radius 2 is 1.80 bits per heavy atom. The van der Waals surface area contributed by atoms with Crippen LogP contribution < -0.4 is 10.1 Å². The molecule has 0 saturated carbocycles. The van der Waals surface area contributed by atoms with Gasteiger partial charge in [-0.3, -0.25) is 0 Å². The molecular formula is C15H16ClNO3. The van der Waals surface area contributed by atoms with Gasteiger partial charge in [-0.15, -0.1) is 0 Å². The third-order valence-electron chi connectivity index (χ3n) is 3.03. The predicted octanol–water partition coefficient (Wildman–Crippen LogP) is 3.93. The van der Waals surface area contributed by atoms with E-state index in [0.29, 0.717) is 22.0 Å². The summed E-state index contributed by atoms with van der Waals surface area (Å²) >= 11 is 5.97. The molecule has 0 bridgehead atoms. The summed E-state index contributed by atoms with van der Waals surface area (Å²) in [5, 5.41) is 23.5. The van der Waals surface area contributed by atoms with Crippen molar-refractivity contribution in [1.29, 1.82) is 0 Å². The molecule has 0 aromatic heterocycles. The standard InChI is InChI=1S/C15H16ClNO3/c1-9(15-12(18)4-3-5-13(15)19)17-11-8-10(16)6-7-14(11)20-2/h3-9,17-19H,1-2H3. The van der Waals surface area contributed by atoms with E-state index in [1.54, 1.807) is 31.4 Å². The molecule has 0 fully saturated rings. The number of anilines is 1. The van der Waals surface area contributed by atoms with Gasteiger partial charge in [-0.05, 0) is 37.3 Å². The van der Waals surface area contributed by atoms with Crippen molar-refractivity contribution in [2.24, 2.45) is 0 Å². The summed E-state index contributed by atoms with van der Waals surface area (Å²) in [6, 6.07) is 9.54. The second-order valence-corrected chi connectivity index (χ2v) is 4.86. The fourth-order valence-electron chi connectivity index (χ4n) is 2.08. The number of benzene rings is 2. The number of rotatable bonds is 4. The van der Waals surface area contributed by atoms with E-state index >= 15 is 0 Å². The summed E-state index contributed by atoms with van der Waals surface area (Å²) in [5.74, 6) is 0.702. The van der Waals surface area contributed by atoms with Crippen LogP contribution in [0.25, 0.3) is 0 Å².